The molecule has 3 rings (SSSR count). The highest BCUT2D eigenvalue weighted by Crippen LogP contribution is 2.54. The maximum Gasteiger partial charge on any atom is 0.306 e. The maximum atomic E-state index is 13.7. The third-order valence-electron chi connectivity index (χ3n) is 13.6. The molecule has 8 heteroatoms. The highest BCUT2D eigenvalue weighted by molar-refractivity contribution is 6.00. The van der Waals surface area contributed by atoms with Crippen molar-refractivity contribution in [1.29, 1.82) is 5.41 Å². The summed E-state index contributed by atoms with van der Waals surface area (Å²) in [6.07, 6.45) is 19.0. The van der Waals surface area contributed by atoms with E-state index in [9.17, 15) is 19.6 Å². The Morgan fingerprint density at radius 1 is 1.00 bits per heavy atom. The number of aliphatic carboxylic acids is 1. The lowest BCUT2D eigenvalue weighted by atomic mass is 9.59. The molecule has 2 heterocycles. The Bertz CT molecular complexity index is 1280. The minimum absolute atomic E-state index is 0.0134. The Kier molecular flexibility index (Phi) is 16.4. The van der Waals surface area contributed by atoms with Crippen molar-refractivity contribution in [2.75, 3.05) is 0 Å². The molecule has 0 bridgehead atoms. The molecule has 2 aliphatic heterocycles. The average molecular weight is 727 g/mol. The van der Waals surface area contributed by atoms with Crippen LogP contribution in [-0.4, -0.2) is 40.0 Å². The minimum atomic E-state index is -1.35. The molecule has 0 saturated heterocycles. The lowest BCUT2D eigenvalue weighted by molar-refractivity contribution is -0.180. The number of carboxylic acids is 1. The fraction of sp³-hybridized carbons (Fsp3) is 0.841. The second kappa shape index (κ2) is 19.3. The molecule has 1 aliphatic carbocycles. The Hall–Kier alpha value is -2.35. The fourth-order valence-electron chi connectivity index (χ4n) is 10.1. The number of unbranched alkanes of at least 4 members (excludes halogenated alkanes) is 1. The average Bonchev–Trinajstić information content (AvgIpc) is 3.11. The first-order chi connectivity index (χ1) is 24.5. The van der Waals surface area contributed by atoms with Gasteiger partial charge in [0.15, 0.2) is 0 Å². The van der Waals surface area contributed by atoms with E-state index in [2.05, 4.69) is 66.6 Å². The fourth-order valence-corrected chi connectivity index (χ4v) is 10.1. The van der Waals surface area contributed by atoms with Gasteiger partial charge in [0.05, 0.1) is 17.4 Å². The molecular weight excluding hydrogens is 652 g/mol. The van der Waals surface area contributed by atoms with Gasteiger partial charge in [0, 0.05) is 29.6 Å². The van der Waals surface area contributed by atoms with Gasteiger partial charge in [-0.1, -0.05) is 88.5 Å². The van der Waals surface area contributed by atoms with Crippen molar-refractivity contribution in [3.05, 3.63) is 28.9 Å². The molecule has 2 N–H and O–H groups in total. The zero-order valence-electron chi connectivity index (χ0n) is 34.5. The Morgan fingerprint density at radius 2 is 1.69 bits per heavy atom. The lowest BCUT2D eigenvalue weighted by Crippen LogP contribution is -2.60. The number of rotatable bonds is 21. The quantitative estimate of drug-likeness (QED) is 0.0895. The summed E-state index contributed by atoms with van der Waals surface area (Å²) in [5, 5.41) is 22.1. The number of carboxylic acid groups (broad SMARTS) is 1. The molecular formula is C44H74N2O6. The predicted octanol–water partition coefficient (Wildman–Crippen LogP) is 11.7. The van der Waals surface area contributed by atoms with Gasteiger partial charge in [0.25, 0.3) is 0 Å². The number of ether oxygens (including phenoxy) is 2. The molecule has 0 aromatic heterocycles. The number of hydrogen-bond donors (Lipinski definition) is 2. The van der Waals surface area contributed by atoms with Crippen molar-refractivity contribution in [2.24, 2.45) is 57.9 Å². The third kappa shape index (κ3) is 10.4. The topological polar surface area (TPSA) is 126 Å². The van der Waals surface area contributed by atoms with Crippen LogP contribution in [0.4, 0.5) is 0 Å². The van der Waals surface area contributed by atoms with Gasteiger partial charge in [-0.2, -0.15) is 0 Å². The van der Waals surface area contributed by atoms with Gasteiger partial charge in [-0.3, -0.25) is 9.59 Å². The molecule has 296 valence electrons. The van der Waals surface area contributed by atoms with Gasteiger partial charge in [0.2, 0.25) is 5.72 Å². The van der Waals surface area contributed by atoms with E-state index in [4.69, 9.17) is 14.9 Å². The van der Waals surface area contributed by atoms with Crippen LogP contribution in [0.5, 0.6) is 0 Å². The maximum absolute atomic E-state index is 13.7. The van der Waals surface area contributed by atoms with Crippen LogP contribution in [0.25, 0.3) is 0 Å². The van der Waals surface area contributed by atoms with Crippen molar-refractivity contribution < 1.29 is 24.2 Å². The summed E-state index contributed by atoms with van der Waals surface area (Å²) < 4.78 is 13.3. The first kappa shape index (κ1) is 44.0. The van der Waals surface area contributed by atoms with E-state index in [1.54, 1.807) is 12.2 Å². The SMILES string of the molecule is CCC1=CCCC([C@]2(C)CCC3(OC(N=O)(C(C)CC(C)CC(CC)C(=O)C(C)CC(C)CCCCC(C)C(CC)C(=O)O)C=CC3=N)C(C)C2)O1. The van der Waals surface area contributed by atoms with Crippen LogP contribution in [0.3, 0.4) is 0 Å². The Balaban J connectivity index is 1.56. The number of nitrogens with zero attached hydrogens (tertiary/aromatic N) is 1. The molecule has 0 aromatic rings. The number of carbonyl (C=O) groups is 2. The zero-order chi connectivity index (χ0) is 38.9. The second-order valence-corrected chi connectivity index (χ2v) is 17.9. The van der Waals surface area contributed by atoms with E-state index < -0.39 is 17.3 Å². The summed E-state index contributed by atoms with van der Waals surface area (Å²) in [7, 11) is 0. The van der Waals surface area contributed by atoms with Crippen LogP contribution in [-0.2, 0) is 19.1 Å². The highest BCUT2D eigenvalue weighted by Gasteiger charge is 2.57. The standard InChI is InChI=1S/C44H74N2O6/c1-11-35(40(47)32(7)25-29(4)17-14-15-18-31(6)37(13-3)41(48)49)27-30(5)26-33(8)44(46-50)22-21-38(45)43(52-44)24-23-42(10,28-34(43)9)39-20-16-19-36(12-2)51-39/h19,21-22,29-35,37,39,45H,11-18,20,23-28H2,1-10H3,(H,48,49)/t29?,30?,31?,32?,33?,34?,35?,37?,39?,42-,43?,44?/m1/s1. The van der Waals surface area contributed by atoms with Crippen LogP contribution in [0.15, 0.2) is 29.2 Å². The number of nitrogens with one attached hydrogen (secondary N) is 1. The highest BCUT2D eigenvalue weighted by atomic mass is 16.6. The van der Waals surface area contributed by atoms with Gasteiger partial charge in [-0.15, -0.1) is 4.91 Å². The van der Waals surface area contributed by atoms with Crippen molar-refractivity contribution in [1.82, 2.24) is 0 Å². The number of ketones is 1. The minimum Gasteiger partial charge on any atom is -0.495 e. The number of carbonyl (C=O) groups excluding carboxylic acids is 1. The summed E-state index contributed by atoms with van der Waals surface area (Å²) in [4.78, 5) is 38.0. The smallest absolute Gasteiger partial charge is 0.306 e. The van der Waals surface area contributed by atoms with Crippen LogP contribution < -0.4 is 0 Å². The van der Waals surface area contributed by atoms with Gasteiger partial charge in [-0.05, 0) is 118 Å². The lowest BCUT2D eigenvalue weighted by Gasteiger charge is -2.55. The number of Topliss-reactive ketones (excluding diaryl/α,β-unsaturated/α-hetero) is 1. The monoisotopic (exact) mass is 727 g/mol. The van der Waals surface area contributed by atoms with Crippen LogP contribution in [0, 0.1) is 63.1 Å². The molecule has 8 nitrogen and oxygen atoms in total. The molecule has 1 spiro atoms. The van der Waals surface area contributed by atoms with Crippen LogP contribution >= 0.6 is 0 Å². The van der Waals surface area contributed by atoms with E-state index in [0.29, 0.717) is 36.7 Å². The molecule has 0 aromatic carbocycles. The summed E-state index contributed by atoms with van der Waals surface area (Å²) >= 11 is 0. The van der Waals surface area contributed by atoms with Crippen molar-refractivity contribution in [2.45, 2.75) is 183 Å². The summed E-state index contributed by atoms with van der Waals surface area (Å²) in [5.41, 5.74) is -1.81. The van der Waals surface area contributed by atoms with Gasteiger partial charge in [-0.25, -0.2) is 0 Å². The molecule has 3 aliphatic rings. The summed E-state index contributed by atoms with van der Waals surface area (Å²) in [6.45, 7) is 21.2. The van der Waals surface area contributed by atoms with Crippen LogP contribution in [0.1, 0.15) is 166 Å². The summed E-state index contributed by atoms with van der Waals surface area (Å²) in [5.74, 6) is 1.03. The second-order valence-electron chi connectivity index (χ2n) is 17.9. The van der Waals surface area contributed by atoms with Crippen molar-refractivity contribution >= 4 is 17.5 Å². The normalized spacial score (nSPS) is 31.8. The number of allylic oxidation sites excluding steroid dienone is 2. The van der Waals surface area contributed by atoms with Crippen molar-refractivity contribution in [3.8, 4) is 0 Å². The first-order valence-electron chi connectivity index (χ1n) is 21.0. The Morgan fingerprint density at radius 3 is 2.29 bits per heavy atom. The molecule has 1 saturated carbocycles. The molecule has 52 heavy (non-hydrogen) atoms. The first-order valence-corrected chi connectivity index (χ1v) is 21.0. The molecule has 0 amide bonds. The third-order valence-corrected chi connectivity index (χ3v) is 13.6. The Labute approximate surface area is 316 Å². The van der Waals surface area contributed by atoms with E-state index in [0.717, 1.165) is 82.8 Å². The predicted molar refractivity (Wildman–Crippen MR) is 211 cm³/mol. The summed E-state index contributed by atoms with van der Waals surface area (Å²) in [6, 6.07) is 0. The molecule has 0 radical (unpaired) electrons. The van der Waals surface area contributed by atoms with E-state index in [1.807, 2.05) is 13.8 Å². The van der Waals surface area contributed by atoms with E-state index in [-0.39, 0.29) is 52.9 Å². The molecule has 1 fully saturated rings. The van der Waals surface area contributed by atoms with E-state index in [1.165, 1.54) is 0 Å². The van der Waals surface area contributed by atoms with Gasteiger partial charge >= 0.3 is 5.97 Å². The number of hydrogen-bond acceptors (Lipinski definition) is 7. The van der Waals surface area contributed by atoms with Crippen LogP contribution in [0.2, 0.25) is 0 Å². The zero-order valence-corrected chi connectivity index (χ0v) is 34.5. The largest absolute Gasteiger partial charge is 0.495 e. The molecule has 11 unspecified atom stereocenters. The van der Waals surface area contributed by atoms with E-state index >= 15 is 0 Å². The van der Waals surface area contributed by atoms with Gasteiger partial charge in [0.1, 0.15) is 17.5 Å². The van der Waals surface area contributed by atoms with Crippen molar-refractivity contribution in [3.63, 3.8) is 0 Å². The number of nitroso groups, excluding NO2 is 1. The molecule has 12 atom stereocenters. The van der Waals surface area contributed by atoms with Gasteiger partial charge < -0.3 is 20.0 Å².